The maximum atomic E-state index is 14.2. The summed E-state index contributed by atoms with van der Waals surface area (Å²) < 4.78 is 56.0. The lowest BCUT2D eigenvalue weighted by Crippen LogP contribution is -2.37. The molecule has 0 aliphatic heterocycles. The molecule has 0 aliphatic rings. The zero-order valence-electron chi connectivity index (χ0n) is 17.0. The molecule has 0 N–H and O–H groups in total. The van der Waals surface area contributed by atoms with Crippen LogP contribution < -0.4 is 9.04 Å². The van der Waals surface area contributed by atoms with E-state index >= 15 is 0 Å². The second-order valence-corrected chi connectivity index (χ2v) is 7.97. The van der Waals surface area contributed by atoms with Crippen LogP contribution in [-0.4, -0.2) is 47.7 Å². The van der Waals surface area contributed by atoms with Gasteiger partial charge in [0.25, 0.3) is 10.0 Å². The summed E-state index contributed by atoms with van der Waals surface area (Å²) in [4.78, 5) is 23.7. The first-order chi connectivity index (χ1) is 14.1. The van der Waals surface area contributed by atoms with Crippen LogP contribution in [0.5, 0.6) is 5.75 Å². The zero-order valence-corrected chi connectivity index (χ0v) is 17.8. The van der Waals surface area contributed by atoms with Gasteiger partial charge in [0.15, 0.2) is 11.6 Å². The highest BCUT2D eigenvalue weighted by atomic mass is 32.2. The highest BCUT2D eigenvalue weighted by molar-refractivity contribution is 7.92. The maximum absolute atomic E-state index is 14.2. The van der Waals surface area contributed by atoms with Crippen molar-refractivity contribution in [2.45, 2.75) is 18.7 Å². The molecular weight excluding hydrogens is 417 g/mol. The monoisotopic (exact) mass is 439 g/mol. The summed E-state index contributed by atoms with van der Waals surface area (Å²) in [6.07, 6.45) is 0. The number of carbonyl (C=O) groups excluding carboxylic acids is 2. The van der Waals surface area contributed by atoms with Crippen LogP contribution in [0, 0.1) is 12.7 Å². The van der Waals surface area contributed by atoms with Crippen LogP contribution in [-0.2, 0) is 24.3 Å². The van der Waals surface area contributed by atoms with E-state index in [4.69, 9.17) is 9.47 Å². The number of hydrogen-bond donors (Lipinski definition) is 0. The minimum absolute atomic E-state index is 0.0467. The number of esters is 2. The average molecular weight is 439 g/mol. The number of rotatable bonds is 8. The molecule has 10 heteroatoms. The van der Waals surface area contributed by atoms with Gasteiger partial charge in [0.2, 0.25) is 0 Å². The molecule has 0 saturated heterocycles. The van der Waals surface area contributed by atoms with Gasteiger partial charge in [-0.25, -0.2) is 17.6 Å². The van der Waals surface area contributed by atoms with Crippen molar-refractivity contribution < 1.29 is 36.6 Å². The van der Waals surface area contributed by atoms with Gasteiger partial charge >= 0.3 is 11.9 Å². The van der Waals surface area contributed by atoms with Gasteiger partial charge in [-0.3, -0.25) is 9.10 Å². The second-order valence-electron chi connectivity index (χ2n) is 6.11. The van der Waals surface area contributed by atoms with Crippen LogP contribution in [0.4, 0.5) is 10.1 Å². The summed E-state index contributed by atoms with van der Waals surface area (Å²) in [5.41, 5.74) is 0.606. The van der Waals surface area contributed by atoms with Crippen molar-refractivity contribution in [3.8, 4) is 5.75 Å². The predicted molar refractivity (Wildman–Crippen MR) is 107 cm³/mol. The molecule has 0 aromatic heterocycles. The number of sulfonamides is 1. The number of methoxy groups -OCH3 is 2. The third-order valence-electron chi connectivity index (χ3n) is 4.19. The van der Waals surface area contributed by atoms with Crippen LogP contribution in [0.25, 0.3) is 0 Å². The number of ether oxygens (including phenoxy) is 3. The van der Waals surface area contributed by atoms with Gasteiger partial charge in [-0.1, -0.05) is 6.07 Å². The predicted octanol–water partition coefficient (Wildman–Crippen LogP) is 2.69. The summed E-state index contributed by atoms with van der Waals surface area (Å²) in [6.45, 7) is 2.57. The number of aryl methyl sites for hydroxylation is 1. The van der Waals surface area contributed by atoms with E-state index in [1.807, 2.05) is 0 Å². The fourth-order valence-corrected chi connectivity index (χ4v) is 4.16. The maximum Gasteiger partial charge on any atom is 0.337 e. The van der Waals surface area contributed by atoms with Gasteiger partial charge < -0.3 is 14.2 Å². The van der Waals surface area contributed by atoms with Crippen LogP contribution in [0.15, 0.2) is 41.3 Å². The Hall–Kier alpha value is -3.14. The number of carbonyl (C=O) groups is 2. The SMILES string of the molecule is CCOC(=O)CN(c1cc(C(=O)OC)ccc1C)S(=O)(=O)c1ccc(OC)c(F)c1. The third kappa shape index (κ3) is 4.88. The molecule has 0 aliphatic carbocycles. The molecule has 0 atom stereocenters. The molecule has 2 aromatic carbocycles. The number of anilines is 1. The summed E-state index contributed by atoms with van der Waals surface area (Å²) in [6, 6.07) is 7.40. The van der Waals surface area contributed by atoms with Crippen LogP contribution >= 0.6 is 0 Å². The van der Waals surface area contributed by atoms with E-state index in [2.05, 4.69) is 4.74 Å². The largest absolute Gasteiger partial charge is 0.494 e. The lowest BCUT2D eigenvalue weighted by molar-refractivity contribution is -0.141. The Morgan fingerprint density at radius 3 is 2.37 bits per heavy atom. The normalized spacial score (nSPS) is 11.0. The molecule has 0 fully saturated rings. The smallest absolute Gasteiger partial charge is 0.337 e. The molecule has 0 bridgehead atoms. The van der Waals surface area contributed by atoms with Crippen molar-refractivity contribution in [3.63, 3.8) is 0 Å². The van der Waals surface area contributed by atoms with Crippen molar-refractivity contribution in [3.05, 3.63) is 53.3 Å². The van der Waals surface area contributed by atoms with E-state index in [-0.39, 0.29) is 23.6 Å². The lowest BCUT2D eigenvalue weighted by Gasteiger charge is -2.25. The Labute approximate surface area is 174 Å². The summed E-state index contributed by atoms with van der Waals surface area (Å²) in [5, 5.41) is 0. The first-order valence-electron chi connectivity index (χ1n) is 8.86. The van der Waals surface area contributed by atoms with Gasteiger partial charge in [0.05, 0.1) is 37.0 Å². The average Bonchev–Trinajstić information content (AvgIpc) is 2.72. The van der Waals surface area contributed by atoms with Crippen molar-refractivity contribution >= 4 is 27.6 Å². The van der Waals surface area contributed by atoms with Gasteiger partial charge in [-0.05, 0) is 49.7 Å². The minimum Gasteiger partial charge on any atom is -0.494 e. The lowest BCUT2D eigenvalue weighted by atomic mass is 10.1. The Morgan fingerprint density at radius 2 is 1.80 bits per heavy atom. The molecule has 2 rings (SSSR count). The Kier molecular flexibility index (Phi) is 7.38. The quantitative estimate of drug-likeness (QED) is 0.583. The number of halogens is 1. The van der Waals surface area contributed by atoms with Crippen molar-refractivity contribution in [1.29, 1.82) is 0 Å². The molecule has 30 heavy (non-hydrogen) atoms. The van der Waals surface area contributed by atoms with Crippen molar-refractivity contribution in [2.75, 3.05) is 31.7 Å². The van der Waals surface area contributed by atoms with E-state index in [1.165, 1.54) is 38.5 Å². The first kappa shape index (κ1) is 23.1. The third-order valence-corrected chi connectivity index (χ3v) is 5.94. The van der Waals surface area contributed by atoms with Crippen molar-refractivity contribution in [1.82, 2.24) is 0 Å². The number of benzene rings is 2. The molecule has 0 saturated carbocycles. The van der Waals surface area contributed by atoms with E-state index < -0.39 is 39.2 Å². The first-order valence-corrected chi connectivity index (χ1v) is 10.3. The molecule has 2 aromatic rings. The Bertz CT molecular complexity index is 1050. The molecule has 0 spiro atoms. The van der Waals surface area contributed by atoms with E-state index in [0.717, 1.165) is 16.4 Å². The van der Waals surface area contributed by atoms with Crippen LogP contribution in [0.3, 0.4) is 0 Å². The molecule has 0 heterocycles. The highest BCUT2D eigenvalue weighted by Crippen LogP contribution is 2.30. The second kappa shape index (κ2) is 9.57. The van der Waals surface area contributed by atoms with Crippen LogP contribution in [0.1, 0.15) is 22.8 Å². The molecule has 0 radical (unpaired) electrons. The van der Waals surface area contributed by atoms with Gasteiger partial charge in [0.1, 0.15) is 6.54 Å². The number of nitrogens with zero attached hydrogens (tertiary/aromatic N) is 1. The fourth-order valence-electron chi connectivity index (χ4n) is 2.68. The Morgan fingerprint density at radius 1 is 1.10 bits per heavy atom. The van der Waals surface area contributed by atoms with Crippen molar-refractivity contribution in [2.24, 2.45) is 0 Å². The van der Waals surface area contributed by atoms with E-state index in [1.54, 1.807) is 13.8 Å². The topological polar surface area (TPSA) is 99.2 Å². The van der Waals surface area contributed by atoms with Crippen LogP contribution in [0.2, 0.25) is 0 Å². The summed E-state index contributed by atoms with van der Waals surface area (Å²) in [5.74, 6) is -2.50. The number of hydrogen-bond acceptors (Lipinski definition) is 7. The Balaban J connectivity index is 2.65. The summed E-state index contributed by atoms with van der Waals surface area (Å²) in [7, 11) is -1.96. The highest BCUT2D eigenvalue weighted by Gasteiger charge is 2.30. The van der Waals surface area contributed by atoms with E-state index in [0.29, 0.717) is 5.56 Å². The summed E-state index contributed by atoms with van der Waals surface area (Å²) >= 11 is 0. The van der Waals surface area contributed by atoms with Gasteiger partial charge in [-0.2, -0.15) is 0 Å². The molecule has 162 valence electrons. The van der Waals surface area contributed by atoms with E-state index in [9.17, 15) is 22.4 Å². The molecule has 0 amide bonds. The fraction of sp³-hybridized carbons (Fsp3) is 0.300. The zero-order chi connectivity index (χ0) is 22.5. The van der Waals surface area contributed by atoms with Gasteiger partial charge in [-0.15, -0.1) is 0 Å². The minimum atomic E-state index is -4.40. The van der Waals surface area contributed by atoms with Gasteiger partial charge in [0, 0.05) is 0 Å². The molecular formula is C20H22FNO7S. The standard InChI is InChI=1S/C20H22FNO7S/c1-5-29-19(23)12-22(17-10-14(20(24)28-4)7-6-13(17)2)30(25,26)15-8-9-18(27-3)16(21)11-15/h6-11H,5,12H2,1-4H3. The molecule has 0 unspecified atom stereocenters. The molecule has 8 nitrogen and oxygen atoms in total.